The molecule has 0 heterocycles. The molecule has 0 unspecified atom stereocenters. The van der Waals surface area contributed by atoms with Crippen molar-refractivity contribution in [2.24, 2.45) is 5.73 Å². The van der Waals surface area contributed by atoms with Crippen LogP contribution in [0.25, 0.3) is 0 Å². The van der Waals surface area contributed by atoms with Crippen molar-refractivity contribution in [3.8, 4) is 5.75 Å². The number of nitrogens with two attached hydrogens (primary N) is 1. The largest absolute Gasteiger partial charge is 0.483 e. The minimum absolute atomic E-state index is 0.0256. The Morgan fingerprint density at radius 1 is 1.40 bits per heavy atom. The predicted molar refractivity (Wildman–Crippen MR) is 88.5 cm³/mol. The van der Waals surface area contributed by atoms with Crippen LogP contribution in [0.1, 0.15) is 18.4 Å². The van der Waals surface area contributed by atoms with Crippen molar-refractivity contribution in [1.82, 2.24) is 5.32 Å². The van der Waals surface area contributed by atoms with E-state index in [4.69, 9.17) is 22.7 Å². The number of hydrogen-bond acceptors (Lipinski definition) is 4. The quantitative estimate of drug-likeness (QED) is 0.539. The maximum atomic E-state index is 11.6. The van der Waals surface area contributed by atoms with Crippen LogP contribution in [-0.2, 0) is 4.79 Å². The highest BCUT2D eigenvalue weighted by Crippen LogP contribution is 2.17. The first-order chi connectivity index (χ1) is 9.65. The zero-order valence-electron chi connectivity index (χ0n) is 11.6. The van der Waals surface area contributed by atoms with E-state index in [0.29, 0.717) is 17.9 Å². The molecule has 0 atom stereocenters. The van der Waals surface area contributed by atoms with E-state index in [1.165, 1.54) is 0 Å². The molecular formula is C14H20N2O2S2. The van der Waals surface area contributed by atoms with Crippen LogP contribution in [0.4, 0.5) is 0 Å². The van der Waals surface area contributed by atoms with E-state index in [9.17, 15) is 4.79 Å². The van der Waals surface area contributed by atoms with Crippen LogP contribution >= 0.6 is 24.0 Å². The monoisotopic (exact) mass is 312 g/mol. The number of benzene rings is 1. The lowest BCUT2D eigenvalue weighted by molar-refractivity contribution is -0.123. The number of carbonyl (C=O) groups is 1. The maximum absolute atomic E-state index is 11.6. The van der Waals surface area contributed by atoms with Gasteiger partial charge in [0, 0.05) is 6.54 Å². The van der Waals surface area contributed by atoms with E-state index < -0.39 is 0 Å². The summed E-state index contributed by atoms with van der Waals surface area (Å²) in [7, 11) is 0. The van der Waals surface area contributed by atoms with Gasteiger partial charge in [0.1, 0.15) is 10.7 Å². The Hall–Kier alpha value is -1.27. The molecule has 110 valence electrons. The highest BCUT2D eigenvalue weighted by Gasteiger charge is 2.07. The summed E-state index contributed by atoms with van der Waals surface area (Å²) < 4.78 is 5.45. The van der Waals surface area contributed by atoms with Crippen LogP contribution in [0.15, 0.2) is 24.3 Å². The normalized spacial score (nSPS) is 10.1. The number of amides is 1. The number of thioether (sulfide) groups is 1. The topological polar surface area (TPSA) is 64.3 Å². The number of hydrogen-bond donors (Lipinski definition) is 2. The van der Waals surface area contributed by atoms with E-state index in [2.05, 4.69) is 11.6 Å². The van der Waals surface area contributed by atoms with Gasteiger partial charge in [-0.2, -0.15) is 11.8 Å². The van der Waals surface area contributed by atoms with Crippen LogP contribution in [0.5, 0.6) is 5.75 Å². The molecule has 1 aromatic rings. The number of carbonyl (C=O) groups excluding carboxylic acids is 1. The number of unbranched alkanes of at least 4 members (excludes halogenated alkanes) is 1. The average Bonchev–Trinajstić information content (AvgIpc) is 2.45. The summed E-state index contributed by atoms with van der Waals surface area (Å²) in [5.74, 6) is 1.53. The van der Waals surface area contributed by atoms with Gasteiger partial charge in [-0.1, -0.05) is 24.4 Å². The second-order valence-electron chi connectivity index (χ2n) is 4.20. The fourth-order valence-corrected chi connectivity index (χ4v) is 2.25. The van der Waals surface area contributed by atoms with Crippen molar-refractivity contribution in [3.63, 3.8) is 0 Å². The number of nitrogens with one attached hydrogen (secondary N) is 1. The Morgan fingerprint density at radius 2 is 2.15 bits per heavy atom. The minimum atomic E-state index is -0.133. The first-order valence-corrected chi connectivity index (χ1v) is 8.22. The van der Waals surface area contributed by atoms with Gasteiger partial charge >= 0.3 is 0 Å². The average molecular weight is 312 g/mol. The van der Waals surface area contributed by atoms with E-state index in [1.807, 2.05) is 23.9 Å². The standard InChI is InChI=1S/C14H20N2O2S2/c1-20-9-5-4-8-16-13(17)10-18-12-7-3-2-6-11(12)14(15)19/h2-3,6-7H,4-5,8-10H2,1H3,(H2,15,19)(H,16,17). The van der Waals surface area contributed by atoms with Gasteiger partial charge in [0.05, 0.1) is 5.56 Å². The van der Waals surface area contributed by atoms with E-state index in [1.54, 1.807) is 12.1 Å². The van der Waals surface area contributed by atoms with Crippen LogP contribution in [0.3, 0.4) is 0 Å². The van der Waals surface area contributed by atoms with E-state index >= 15 is 0 Å². The van der Waals surface area contributed by atoms with Crippen molar-refractivity contribution in [1.29, 1.82) is 0 Å². The van der Waals surface area contributed by atoms with Crippen LogP contribution in [0.2, 0.25) is 0 Å². The third kappa shape index (κ3) is 6.25. The molecule has 1 amide bonds. The lowest BCUT2D eigenvalue weighted by atomic mass is 10.2. The Balaban J connectivity index is 2.32. The molecule has 0 fully saturated rings. The number of thiocarbonyl (C=S) groups is 1. The summed E-state index contributed by atoms with van der Waals surface area (Å²) in [5.41, 5.74) is 6.24. The Morgan fingerprint density at radius 3 is 2.85 bits per heavy atom. The van der Waals surface area contributed by atoms with E-state index in [0.717, 1.165) is 18.6 Å². The van der Waals surface area contributed by atoms with E-state index in [-0.39, 0.29) is 17.5 Å². The summed E-state index contributed by atoms with van der Waals surface area (Å²) in [5, 5.41) is 2.82. The molecule has 3 N–H and O–H groups in total. The number of rotatable bonds is 9. The van der Waals surface area contributed by atoms with Crippen LogP contribution < -0.4 is 15.8 Å². The summed E-state index contributed by atoms with van der Waals surface area (Å²) in [6.45, 7) is 0.655. The van der Waals surface area contributed by atoms with Crippen molar-refractivity contribution in [2.75, 3.05) is 25.2 Å². The van der Waals surface area contributed by atoms with Crippen molar-refractivity contribution < 1.29 is 9.53 Å². The maximum Gasteiger partial charge on any atom is 0.257 e. The van der Waals surface area contributed by atoms with Gasteiger partial charge in [-0.3, -0.25) is 4.79 Å². The molecule has 0 aliphatic carbocycles. The van der Waals surface area contributed by atoms with Gasteiger partial charge < -0.3 is 15.8 Å². The molecule has 20 heavy (non-hydrogen) atoms. The highest BCUT2D eigenvalue weighted by atomic mass is 32.2. The molecule has 0 aliphatic heterocycles. The Bertz CT molecular complexity index is 453. The summed E-state index contributed by atoms with van der Waals surface area (Å²) >= 11 is 6.75. The molecule has 1 aromatic carbocycles. The predicted octanol–water partition coefficient (Wildman–Crippen LogP) is 1.96. The Labute approximate surface area is 129 Å². The fourth-order valence-electron chi connectivity index (χ4n) is 1.59. The van der Waals surface area contributed by atoms with Gasteiger partial charge in [0.15, 0.2) is 6.61 Å². The van der Waals surface area contributed by atoms with Gasteiger partial charge in [-0.25, -0.2) is 0 Å². The number of para-hydroxylation sites is 1. The zero-order chi connectivity index (χ0) is 14.8. The second-order valence-corrected chi connectivity index (χ2v) is 5.62. The van der Waals surface area contributed by atoms with Crippen molar-refractivity contribution >= 4 is 34.9 Å². The lowest BCUT2D eigenvalue weighted by Gasteiger charge is -2.10. The molecule has 0 aliphatic rings. The number of ether oxygens (including phenoxy) is 1. The van der Waals surface area contributed by atoms with Crippen molar-refractivity contribution in [3.05, 3.63) is 29.8 Å². The minimum Gasteiger partial charge on any atom is -0.483 e. The molecule has 0 saturated carbocycles. The van der Waals surface area contributed by atoms with Gasteiger partial charge in [-0.15, -0.1) is 0 Å². The van der Waals surface area contributed by atoms with Crippen molar-refractivity contribution in [2.45, 2.75) is 12.8 Å². The van der Waals surface area contributed by atoms with Gasteiger partial charge in [-0.05, 0) is 37.0 Å². The molecule has 6 heteroatoms. The van der Waals surface area contributed by atoms with Gasteiger partial charge in [0.25, 0.3) is 5.91 Å². The molecule has 0 saturated heterocycles. The summed E-state index contributed by atoms with van der Waals surface area (Å²) in [4.78, 5) is 11.9. The first kappa shape index (κ1) is 16.8. The second kappa shape index (κ2) is 9.61. The molecule has 0 aromatic heterocycles. The fraction of sp³-hybridized carbons (Fsp3) is 0.429. The van der Waals surface area contributed by atoms with Crippen LogP contribution in [0, 0.1) is 0 Å². The molecule has 0 spiro atoms. The zero-order valence-corrected chi connectivity index (χ0v) is 13.2. The summed E-state index contributed by atoms with van der Waals surface area (Å²) in [6, 6.07) is 7.17. The molecule has 0 radical (unpaired) electrons. The van der Waals surface area contributed by atoms with Crippen LogP contribution in [-0.4, -0.2) is 36.1 Å². The molecular weight excluding hydrogens is 292 g/mol. The third-order valence-corrected chi connectivity index (χ3v) is 3.53. The summed E-state index contributed by atoms with van der Waals surface area (Å²) in [6.07, 6.45) is 4.16. The Kier molecular flexibility index (Phi) is 8.06. The first-order valence-electron chi connectivity index (χ1n) is 6.42. The SMILES string of the molecule is CSCCCCNC(=O)COc1ccccc1C(N)=S. The molecule has 0 bridgehead atoms. The lowest BCUT2D eigenvalue weighted by Crippen LogP contribution is -2.30. The third-order valence-electron chi connectivity index (χ3n) is 2.61. The molecule has 4 nitrogen and oxygen atoms in total. The smallest absolute Gasteiger partial charge is 0.257 e. The highest BCUT2D eigenvalue weighted by molar-refractivity contribution is 7.98. The molecule has 1 rings (SSSR count). The van der Waals surface area contributed by atoms with Gasteiger partial charge in [0.2, 0.25) is 0 Å².